The highest BCUT2D eigenvalue weighted by Crippen LogP contribution is 2.24. The highest BCUT2D eigenvalue weighted by Gasteiger charge is 2.32. The van der Waals surface area contributed by atoms with Crippen LogP contribution < -0.4 is 10.2 Å². The number of pyridine rings is 1. The van der Waals surface area contributed by atoms with E-state index in [1.165, 1.54) is 12.8 Å². The van der Waals surface area contributed by atoms with Crippen molar-refractivity contribution in [3.8, 4) is 6.07 Å². The number of piperazine rings is 1. The molecule has 2 saturated heterocycles. The van der Waals surface area contributed by atoms with Crippen LogP contribution in [0.1, 0.15) is 18.5 Å². The Kier molecular flexibility index (Phi) is 2.26. The molecule has 2 bridgehead atoms. The third kappa shape index (κ3) is 1.63. The summed E-state index contributed by atoms with van der Waals surface area (Å²) in [5.41, 5.74) is 1.62. The molecule has 4 nitrogen and oxygen atoms in total. The van der Waals surface area contributed by atoms with Crippen molar-refractivity contribution in [1.82, 2.24) is 10.3 Å². The Bertz CT molecular complexity index is 408. The standard InChI is InChI=1S/C12H14N4/c13-5-9-3-4-12(6-14-9)16-7-10-1-2-11(8-16)15-10/h3-4,6,10-11,15H,1-2,7-8H2. The third-order valence-electron chi connectivity index (χ3n) is 3.44. The van der Waals surface area contributed by atoms with Gasteiger partial charge in [-0.25, -0.2) is 4.98 Å². The Morgan fingerprint density at radius 2 is 2.06 bits per heavy atom. The van der Waals surface area contributed by atoms with Gasteiger partial charge in [0.2, 0.25) is 0 Å². The topological polar surface area (TPSA) is 52.0 Å². The van der Waals surface area contributed by atoms with Gasteiger partial charge >= 0.3 is 0 Å². The van der Waals surface area contributed by atoms with Crippen LogP contribution in [-0.4, -0.2) is 30.2 Å². The summed E-state index contributed by atoms with van der Waals surface area (Å²) in [7, 11) is 0. The number of nitrogens with one attached hydrogen (secondary N) is 1. The summed E-state index contributed by atoms with van der Waals surface area (Å²) >= 11 is 0. The number of aromatic nitrogens is 1. The van der Waals surface area contributed by atoms with Gasteiger partial charge in [-0.2, -0.15) is 5.26 Å². The fraction of sp³-hybridized carbons (Fsp3) is 0.500. The monoisotopic (exact) mass is 214 g/mol. The quantitative estimate of drug-likeness (QED) is 0.754. The molecule has 2 aliphatic rings. The SMILES string of the molecule is N#Cc1ccc(N2CC3CCC(C2)N3)cn1. The average Bonchev–Trinajstić information content (AvgIpc) is 2.68. The fourth-order valence-corrected chi connectivity index (χ4v) is 2.65. The van der Waals surface area contributed by atoms with Crippen molar-refractivity contribution in [2.75, 3.05) is 18.0 Å². The van der Waals surface area contributed by atoms with Gasteiger partial charge in [0, 0.05) is 25.2 Å². The van der Waals surface area contributed by atoms with Crippen molar-refractivity contribution < 1.29 is 0 Å². The van der Waals surface area contributed by atoms with Crippen molar-refractivity contribution in [3.63, 3.8) is 0 Å². The zero-order chi connectivity index (χ0) is 11.0. The molecule has 16 heavy (non-hydrogen) atoms. The van der Waals surface area contributed by atoms with Crippen molar-refractivity contribution in [1.29, 1.82) is 5.26 Å². The number of nitriles is 1. The summed E-state index contributed by atoms with van der Waals surface area (Å²) < 4.78 is 0. The Balaban J connectivity index is 1.79. The molecule has 2 atom stereocenters. The van der Waals surface area contributed by atoms with E-state index in [1.807, 2.05) is 18.3 Å². The Hall–Kier alpha value is -1.60. The normalized spacial score (nSPS) is 27.8. The van der Waals surface area contributed by atoms with Crippen molar-refractivity contribution >= 4 is 5.69 Å². The molecule has 0 spiro atoms. The van der Waals surface area contributed by atoms with Crippen LogP contribution >= 0.6 is 0 Å². The molecule has 2 unspecified atom stereocenters. The molecule has 2 fully saturated rings. The summed E-state index contributed by atoms with van der Waals surface area (Å²) in [4.78, 5) is 6.49. The first-order chi connectivity index (χ1) is 7.85. The second-order valence-electron chi connectivity index (χ2n) is 4.56. The molecule has 82 valence electrons. The Morgan fingerprint density at radius 1 is 1.31 bits per heavy atom. The first-order valence-electron chi connectivity index (χ1n) is 5.72. The number of fused-ring (bicyclic) bond motifs is 2. The van der Waals surface area contributed by atoms with E-state index in [2.05, 4.69) is 15.2 Å². The van der Waals surface area contributed by atoms with Gasteiger partial charge in [0.25, 0.3) is 0 Å². The van der Waals surface area contributed by atoms with Crippen LogP contribution in [0.5, 0.6) is 0 Å². The van der Waals surface area contributed by atoms with Gasteiger partial charge < -0.3 is 10.2 Å². The average molecular weight is 214 g/mol. The second kappa shape index (κ2) is 3.76. The molecule has 2 aliphatic heterocycles. The lowest BCUT2D eigenvalue weighted by Gasteiger charge is -2.34. The minimum atomic E-state index is 0.488. The highest BCUT2D eigenvalue weighted by molar-refractivity contribution is 5.47. The maximum absolute atomic E-state index is 8.70. The summed E-state index contributed by atoms with van der Waals surface area (Å²) in [5, 5.41) is 12.3. The molecule has 3 rings (SSSR count). The molecule has 0 radical (unpaired) electrons. The van der Waals surface area contributed by atoms with Crippen LogP contribution in [0, 0.1) is 11.3 Å². The van der Waals surface area contributed by atoms with Gasteiger partial charge in [-0.15, -0.1) is 0 Å². The smallest absolute Gasteiger partial charge is 0.140 e. The molecule has 4 heteroatoms. The first kappa shape index (κ1) is 9.61. The summed E-state index contributed by atoms with van der Waals surface area (Å²) in [5.74, 6) is 0. The van der Waals surface area contributed by atoms with Gasteiger partial charge in [-0.1, -0.05) is 0 Å². The molecule has 1 N–H and O–H groups in total. The lowest BCUT2D eigenvalue weighted by atomic mass is 10.2. The predicted octanol–water partition coefficient (Wildman–Crippen LogP) is 0.894. The zero-order valence-electron chi connectivity index (χ0n) is 9.06. The highest BCUT2D eigenvalue weighted by atomic mass is 15.2. The van der Waals surface area contributed by atoms with E-state index in [0.29, 0.717) is 17.8 Å². The number of nitrogens with zero attached hydrogens (tertiary/aromatic N) is 3. The van der Waals surface area contributed by atoms with Crippen LogP contribution in [0.15, 0.2) is 18.3 Å². The maximum Gasteiger partial charge on any atom is 0.140 e. The molecule has 3 heterocycles. The van der Waals surface area contributed by atoms with Crippen molar-refractivity contribution in [2.45, 2.75) is 24.9 Å². The van der Waals surface area contributed by atoms with E-state index < -0.39 is 0 Å². The maximum atomic E-state index is 8.70. The minimum absolute atomic E-state index is 0.488. The molecular formula is C12H14N4. The van der Waals surface area contributed by atoms with Gasteiger partial charge in [-0.3, -0.25) is 0 Å². The molecule has 0 amide bonds. The van der Waals surface area contributed by atoms with E-state index in [0.717, 1.165) is 18.8 Å². The summed E-state index contributed by atoms with van der Waals surface area (Å²) in [6.07, 6.45) is 4.37. The minimum Gasteiger partial charge on any atom is -0.367 e. The first-order valence-corrected chi connectivity index (χ1v) is 5.72. The zero-order valence-corrected chi connectivity index (χ0v) is 9.06. The number of hydrogen-bond donors (Lipinski definition) is 1. The van der Waals surface area contributed by atoms with Gasteiger partial charge in [0.15, 0.2) is 0 Å². The van der Waals surface area contributed by atoms with E-state index >= 15 is 0 Å². The number of anilines is 1. The van der Waals surface area contributed by atoms with E-state index in [-0.39, 0.29) is 0 Å². The van der Waals surface area contributed by atoms with Crippen LogP contribution in [0.3, 0.4) is 0 Å². The Labute approximate surface area is 94.9 Å². The van der Waals surface area contributed by atoms with Crippen LogP contribution in [-0.2, 0) is 0 Å². The predicted molar refractivity (Wildman–Crippen MR) is 61.1 cm³/mol. The molecular weight excluding hydrogens is 200 g/mol. The molecule has 0 saturated carbocycles. The van der Waals surface area contributed by atoms with Crippen molar-refractivity contribution in [2.24, 2.45) is 0 Å². The van der Waals surface area contributed by atoms with E-state index in [9.17, 15) is 0 Å². The molecule has 0 aromatic carbocycles. The third-order valence-corrected chi connectivity index (χ3v) is 3.44. The second-order valence-corrected chi connectivity index (χ2v) is 4.56. The number of hydrogen-bond acceptors (Lipinski definition) is 4. The van der Waals surface area contributed by atoms with Crippen LogP contribution in [0.4, 0.5) is 5.69 Å². The van der Waals surface area contributed by atoms with E-state index in [1.54, 1.807) is 6.07 Å². The van der Waals surface area contributed by atoms with Crippen LogP contribution in [0.2, 0.25) is 0 Å². The van der Waals surface area contributed by atoms with Gasteiger partial charge in [-0.05, 0) is 25.0 Å². The molecule has 1 aromatic rings. The Morgan fingerprint density at radius 3 is 2.62 bits per heavy atom. The summed E-state index contributed by atoms with van der Waals surface area (Å²) in [6.45, 7) is 2.12. The van der Waals surface area contributed by atoms with Gasteiger partial charge in [0.05, 0.1) is 11.9 Å². The fourth-order valence-electron chi connectivity index (χ4n) is 2.65. The van der Waals surface area contributed by atoms with Crippen LogP contribution in [0.25, 0.3) is 0 Å². The molecule has 1 aromatic heterocycles. The lowest BCUT2D eigenvalue weighted by Crippen LogP contribution is -2.51. The lowest BCUT2D eigenvalue weighted by molar-refractivity contribution is 0.465. The number of rotatable bonds is 1. The van der Waals surface area contributed by atoms with Crippen molar-refractivity contribution in [3.05, 3.63) is 24.0 Å². The van der Waals surface area contributed by atoms with Gasteiger partial charge in [0.1, 0.15) is 11.8 Å². The van der Waals surface area contributed by atoms with E-state index in [4.69, 9.17) is 5.26 Å². The largest absolute Gasteiger partial charge is 0.367 e. The summed E-state index contributed by atoms with van der Waals surface area (Å²) in [6, 6.07) is 7.10. The molecule has 0 aliphatic carbocycles.